The maximum Gasteiger partial charge on any atom is 0.339 e. The first-order valence-electron chi connectivity index (χ1n) is 6.62. The molecule has 1 aliphatic heterocycles. The van der Waals surface area contributed by atoms with Crippen molar-refractivity contribution >= 4 is 13.6 Å². The third-order valence-corrected chi connectivity index (χ3v) is 4.46. The van der Waals surface area contributed by atoms with Gasteiger partial charge in [-0.3, -0.25) is 23.7 Å². The van der Waals surface area contributed by atoms with Crippen molar-refractivity contribution in [3.05, 3.63) is 33.1 Å². The van der Waals surface area contributed by atoms with Gasteiger partial charge in [0.1, 0.15) is 24.5 Å². The molecule has 0 saturated carbocycles. The SMILES string of the molecule is O=C(O)CP(=O)(O)OC[C@H]1O[C@@H](n2ccc(=O)[nH]c2=O)[C@H](O)[C@@H]1O. The average molecular weight is 366 g/mol. The van der Waals surface area contributed by atoms with E-state index < -0.39 is 62.1 Å². The Labute approximate surface area is 133 Å². The Morgan fingerprint density at radius 1 is 1.38 bits per heavy atom. The van der Waals surface area contributed by atoms with E-state index >= 15 is 0 Å². The molecule has 12 nitrogen and oxygen atoms in total. The number of aromatic amines is 1. The van der Waals surface area contributed by atoms with Gasteiger partial charge in [-0.15, -0.1) is 0 Å². The minimum absolute atomic E-state index is 0.668. The zero-order chi connectivity index (χ0) is 18.1. The molecule has 5 N–H and O–H groups in total. The number of hydrogen-bond acceptors (Lipinski definition) is 8. The number of nitrogens with one attached hydrogen (secondary N) is 1. The summed E-state index contributed by atoms with van der Waals surface area (Å²) in [4.78, 5) is 44.4. The minimum atomic E-state index is -4.44. The molecule has 1 aliphatic rings. The highest BCUT2D eigenvalue weighted by atomic mass is 31.2. The average Bonchev–Trinajstić information content (AvgIpc) is 2.72. The highest BCUT2D eigenvalue weighted by molar-refractivity contribution is 7.53. The molecule has 134 valence electrons. The summed E-state index contributed by atoms with van der Waals surface area (Å²) in [5.74, 6) is -1.55. The van der Waals surface area contributed by atoms with Crippen LogP contribution in [0.15, 0.2) is 21.9 Å². The second-order valence-corrected chi connectivity index (χ2v) is 6.90. The largest absolute Gasteiger partial charge is 0.481 e. The Kier molecular flexibility index (Phi) is 5.38. The first-order valence-corrected chi connectivity index (χ1v) is 8.38. The molecule has 5 atom stereocenters. The van der Waals surface area contributed by atoms with Crippen molar-refractivity contribution in [2.75, 3.05) is 12.8 Å². The molecule has 1 aromatic rings. The fourth-order valence-electron chi connectivity index (χ4n) is 2.13. The molecular weight excluding hydrogens is 351 g/mol. The summed E-state index contributed by atoms with van der Waals surface area (Å²) in [7, 11) is -4.44. The van der Waals surface area contributed by atoms with Crippen LogP contribution in [-0.2, 0) is 18.6 Å². The summed E-state index contributed by atoms with van der Waals surface area (Å²) >= 11 is 0. The maximum absolute atomic E-state index is 11.7. The second kappa shape index (κ2) is 6.97. The van der Waals surface area contributed by atoms with Gasteiger partial charge in [0.05, 0.1) is 6.61 Å². The van der Waals surface area contributed by atoms with Crippen LogP contribution in [0.25, 0.3) is 0 Å². The highest BCUT2D eigenvalue weighted by Gasteiger charge is 2.45. The van der Waals surface area contributed by atoms with E-state index in [9.17, 15) is 34.1 Å². The van der Waals surface area contributed by atoms with Crippen molar-refractivity contribution in [2.24, 2.45) is 0 Å². The van der Waals surface area contributed by atoms with Crippen molar-refractivity contribution in [3.63, 3.8) is 0 Å². The van der Waals surface area contributed by atoms with E-state index in [1.807, 2.05) is 4.98 Å². The number of carbonyl (C=O) groups is 1. The quantitative estimate of drug-likeness (QED) is 0.335. The number of aliphatic hydroxyl groups is 2. The summed E-state index contributed by atoms with van der Waals surface area (Å²) < 4.78 is 22.1. The van der Waals surface area contributed by atoms with Crippen LogP contribution in [-0.4, -0.2) is 66.8 Å². The Balaban J connectivity index is 2.10. The fourth-order valence-corrected chi connectivity index (χ4v) is 2.94. The minimum Gasteiger partial charge on any atom is -0.481 e. The summed E-state index contributed by atoms with van der Waals surface area (Å²) in [6, 6.07) is 1.00. The zero-order valence-corrected chi connectivity index (χ0v) is 12.9. The predicted molar refractivity (Wildman–Crippen MR) is 75.5 cm³/mol. The molecule has 0 amide bonds. The number of carboxylic acid groups (broad SMARTS) is 1. The monoisotopic (exact) mass is 366 g/mol. The molecule has 1 aromatic heterocycles. The zero-order valence-electron chi connectivity index (χ0n) is 12.0. The number of hydrogen-bond donors (Lipinski definition) is 5. The number of aliphatic hydroxyl groups excluding tert-OH is 2. The normalized spacial score (nSPS) is 29.3. The number of ether oxygens (including phenoxy) is 1. The van der Waals surface area contributed by atoms with Crippen LogP contribution in [0.4, 0.5) is 0 Å². The molecule has 0 bridgehead atoms. The topological polar surface area (TPSA) is 188 Å². The van der Waals surface area contributed by atoms with Gasteiger partial charge in [0.2, 0.25) is 0 Å². The predicted octanol–water partition coefficient (Wildman–Crippen LogP) is -2.56. The summed E-state index contributed by atoms with van der Waals surface area (Å²) in [6.07, 6.45) is -5.90. The van der Waals surface area contributed by atoms with Crippen LogP contribution in [0.3, 0.4) is 0 Å². The molecule has 24 heavy (non-hydrogen) atoms. The van der Waals surface area contributed by atoms with Gasteiger partial charge in [0.15, 0.2) is 6.23 Å². The lowest BCUT2D eigenvalue weighted by molar-refractivity contribution is -0.134. The van der Waals surface area contributed by atoms with Gasteiger partial charge < -0.3 is 29.5 Å². The van der Waals surface area contributed by atoms with E-state index in [2.05, 4.69) is 4.52 Å². The number of aromatic nitrogens is 2. The first kappa shape index (κ1) is 18.5. The molecular formula is C11H15N2O10P. The number of aliphatic carboxylic acids is 1. The van der Waals surface area contributed by atoms with Crippen LogP contribution < -0.4 is 11.2 Å². The van der Waals surface area contributed by atoms with Gasteiger partial charge in [0.25, 0.3) is 5.56 Å². The van der Waals surface area contributed by atoms with Crippen molar-refractivity contribution in [3.8, 4) is 0 Å². The third-order valence-electron chi connectivity index (χ3n) is 3.24. The summed E-state index contributed by atoms with van der Waals surface area (Å²) in [5.41, 5.74) is -1.56. The fraction of sp³-hybridized carbons (Fsp3) is 0.545. The highest BCUT2D eigenvalue weighted by Crippen LogP contribution is 2.42. The van der Waals surface area contributed by atoms with Crippen LogP contribution in [0.1, 0.15) is 6.23 Å². The molecule has 1 fully saturated rings. The van der Waals surface area contributed by atoms with Gasteiger partial charge in [-0.25, -0.2) is 4.79 Å². The smallest absolute Gasteiger partial charge is 0.339 e. The standard InChI is InChI=1S/C11H15N2O10P/c14-6-1-2-13(11(19)12-6)10-9(18)8(17)5(23-10)3-22-24(20,21)4-7(15)16/h1-2,5,8-10,17-18H,3-4H2,(H,15,16)(H,20,21)(H,12,14,19)/t5-,8-,9-,10-/m1/s1. The van der Waals surface area contributed by atoms with E-state index in [4.69, 9.17) is 9.84 Å². The summed E-state index contributed by atoms with van der Waals surface area (Å²) in [6.45, 7) is -0.687. The lowest BCUT2D eigenvalue weighted by Gasteiger charge is -2.17. The Hall–Kier alpha value is -1.82. The van der Waals surface area contributed by atoms with Crippen molar-refractivity contribution in [2.45, 2.75) is 24.5 Å². The third kappa shape index (κ3) is 4.17. The maximum atomic E-state index is 11.7. The van der Waals surface area contributed by atoms with Gasteiger partial charge in [-0.2, -0.15) is 0 Å². The van der Waals surface area contributed by atoms with Crippen LogP contribution in [0.2, 0.25) is 0 Å². The molecule has 0 aromatic carbocycles. The van der Waals surface area contributed by atoms with Gasteiger partial charge in [-0.05, 0) is 0 Å². The Bertz CT molecular complexity index is 773. The number of H-pyrrole nitrogens is 1. The van der Waals surface area contributed by atoms with E-state index in [1.165, 1.54) is 0 Å². The van der Waals surface area contributed by atoms with Crippen molar-refractivity contribution in [1.29, 1.82) is 0 Å². The molecule has 0 radical (unpaired) electrons. The molecule has 1 unspecified atom stereocenters. The van der Waals surface area contributed by atoms with Crippen LogP contribution in [0, 0.1) is 0 Å². The molecule has 1 saturated heterocycles. The number of rotatable bonds is 6. The first-order chi connectivity index (χ1) is 11.1. The Morgan fingerprint density at radius 3 is 2.62 bits per heavy atom. The molecule has 0 spiro atoms. The molecule has 2 heterocycles. The van der Waals surface area contributed by atoms with E-state index in [1.54, 1.807) is 0 Å². The van der Waals surface area contributed by atoms with Gasteiger partial charge >= 0.3 is 19.3 Å². The number of carboxylic acids is 1. The number of nitrogens with zero attached hydrogens (tertiary/aromatic N) is 1. The lowest BCUT2D eigenvalue weighted by atomic mass is 10.1. The van der Waals surface area contributed by atoms with Crippen molar-refractivity contribution in [1.82, 2.24) is 9.55 Å². The summed E-state index contributed by atoms with van der Waals surface area (Å²) in [5, 5.41) is 28.3. The van der Waals surface area contributed by atoms with Gasteiger partial charge in [0, 0.05) is 12.3 Å². The lowest BCUT2D eigenvalue weighted by Crippen LogP contribution is -2.37. The van der Waals surface area contributed by atoms with Crippen LogP contribution in [0.5, 0.6) is 0 Å². The van der Waals surface area contributed by atoms with E-state index in [-0.39, 0.29) is 0 Å². The molecule has 0 aliphatic carbocycles. The molecule has 13 heteroatoms. The Morgan fingerprint density at radius 2 is 2.04 bits per heavy atom. The van der Waals surface area contributed by atoms with Crippen LogP contribution >= 0.6 is 7.60 Å². The van der Waals surface area contributed by atoms with Gasteiger partial charge in [-0.1, -0.05) is 0 Å². The second-order valence-electron chi connectivity index (χ2n) is 5.05. The molecule has 2 rings (SSSR count). The van der Waals surface area contributed by atoms with Crippen molar-refractivity contribution < 1.29 is 38.8 Å². The van der Waals surface area contributed by atoms with E-state index in [0.717, 1.165) is 16.8 Å². The van der Waals surface area contributed by atoms with E-state index in [0.29, 0.717) is 0 Å².